The van der Waals surface area contributed by atoms with Crippen LogP contribution in [0.5, 0.6) is 0 Å². The van der Waals surface area contributed by atoms with Crippen molar-refractivity contribution in [1.82, 2.24) is 15.2 Å². The van der Waals surface area contributed by atoms with Gasteiger partial charge in [-0.2, -0.15) is 0 Å². The molecule has 1 saturated carbocycles. The molecule has 1 aromatic carbocycles. The van der Waals surface area contributed by atoms with Crippen LogP contribution in [0.2, 0.25) is 0 Å². The topological polar surface area (TPSA) is 244 Å². The van der Waals surface area contributed by atoms with E-state index in [1.54, 1.807) is 38.1 Å². The van der Waals surface area contributed by atoms with Gasteiger partial charge in [-0.3, -0.25) is 28.2 Å². The summed E-state index contributed by atoms with van der Waals surface area (Å²) in [4.78, 5) is 53.8. The maximum atomic E-state index is 14.2. The summed E-state index contributed by atoms with van der Waals surface area (Å²) >= 11 is 0. The molecular formula is C29H41N3O18P2. The molecule has 2 aliphatic rings. The fourth-order valence-electron chi connectivity index (χ4n) is 5.62. The lowest BCUT2D eigenvalue weighted by atomic mass is 9.63. The number of esters is 4. The number of ether oxygens (including phenoxy) is 5. The average Bonchev–Trinajstić information content (AvgIpc) is 3.47. The maximum absolute atomic E-state index is 14.2. The summed E-state index contributed by atoms with van der Waals surface area (Å²) in [6, 6.07) is 7.01. The van der Waals surface area contributed by atoms with Gasteiger partial charge in [-0.15, -0.1) is 5.10 Å². The summed E-state index contributed by atoms with van der Waals surface area (Å²) in [5.41, 5.74) is -0.314. The third-order valence-corrected chi connectivity index (χ3v) is 10.9. The Morgan fingerprint density at radius 3 is 1.77 bits per heavy atom. The highest BCUT2D eigenvalue weighted by atomic mass is 31.2. The number of nitrogens with zero attached hydrogens (tertiary/aromatic N) is 3. The van der Waals surface area contributed by atoms with E-state index in [9.17, 15) is 28.3 Å². The van der Waals surface area contributed by atoms with Crippen LogP contribution >= 0.6 is 15.6 Å². The monoisotopic (exact) mass is 781 g/mol. The highest BCUT2D eigenvalue weighted by Crippen LogP contribution is 2.60. The van der Waals surface area contributed by atoms with Crippen LogP contribution in [0, 0.1) is 11.8 Å². The molecule has 6 atom stereocenters. The lowest BCUT2D eigenvalue weighted by molar-refractivity contribution is -0.278. The van der Waals surface area contributed by atoms with Gasteiger partial charge in [0.25, 0.3) is 0 Å². The second kappa shape index (κ2) is 18.0. The van der Waals surface area contributed by atoms with Gasteiger partial charge in [-0.1, -0.05) is 30.8 Å². The van der Waals surface area contributed by atoms with Crippen LogP contribution in [0.25, 0.3) is 11.0 Å². The summed E-state index contributed by atoms with van der Waals surface area (Å²) in [6.45, 7) is 4.24. The Bertz CT molecular complexity index is 1620. The number of phosphoric acid groups is 2. The number of fused-ring (bicyclic) bond motifs is 2. The van der Waals surface area contributed by atoms with E-state index in [1.165, 1.54) is 4.85 Å². The van der Waals surface area contributed by atoms with Crippen LogP contribution in [0.3, 0.4) is 0 Å². The Balaban J connectivity index is 1.80. The molecule has 0 amide bonds. The van der Waals surface area contributed by atoms with E-state index in [1.807, 2.05) is 0 Å². The number of carbonyl (C=O) groups is 4. The molecular weight excluding hydrogens is 740 g/mol. The zero-order chi connectivity index (χ0) is 38.1. The second-order valence-corrected chi connectivity index (χ2v) is 14.8. The molecule has 1 saturated heterocycles. The van der Waals surface area contributed by atoms with Gasteiger partial charge in [0.05, 0.1) is 0 Å². The van der Waals surface area contributed by atoms with Crippen LogP contribution in [-0.4, -0.2) is 96.7 Å². The van der Waals surface area contributed by atoms with Crippen molar-refractivity contribution in [1.29, 1.82) is 0 Å². The Morgan fingerprint density at radius 2 is 1.27 bits per heavy atom. The van der Waals surface area contributed by atoms with Gasteiger partial charge in [-0.25, -0.2) is 27.2 Å². The van der Waals surface area contributed by atoms with Crippen molar-refractivity contribution < 1.29 is 84.0 Å². The number of benzene rings is 1. The van der Waals surface area contributed by atoms with Crippen LogP contribution in [0.15, 0.2) is 24.3 Å². The molecule has 0 unspecified atom stereocenters. The minimum atomic E-state index is -4.94. The van der Waals surface area contributed by atoms with E-state index in [0.717, 1.165) is 27.7 Å². The quantitative estimate of drug-likeness (QED) is 0.0912. The first kappa shape index (κ1) is 41.2. The Kier molecular flexibility index (Phi) is 14.3. The van der Waals surface area contributed by atoms with E-state index in [-0.39, 0.29) is 6.61 Å². The zero-order valence-electron chi connectivity index (χ0n) is 29.2. The molecule has 0 spiro atoms. The van der Waals surface area contributed by atoms with Crippen LogP contribution in [0.4, 0.5) is 0 Å². The first-order chi connectivity index (χ1) is 24.6. The van der Waals surface area contributed by atoms with Gasteiger partial charge in [-0.05, 0) is 36.1 Å². The number of phosphoric ester groups is 2. The summed E-state index contributed by atoms with van der Waals surface area (Å²) in [6.07, 6.45) is -3.54. The van der Waals surface area contributed by atoms with Crippen LogP contribution < -0.4 is 4.84 Å². The number of hydrogen-bond acceptors (Lipinski definition) is 20. The molecule has 290 valence electrons. The minimum Gasteiger partial charge on any atom is -0.438 e. The molecule has 1 aromatic heterocycles. The van der Waals surface area contributed by atoms with Crippen molar-refractivity contribution in [3.05, 3.63) is 24.3 Å². The highest BCUT2D eigenvalue weighted by molar-refractivity contribution is 7.48. The molecule has 1 aliphatic heterocycles. The first-order valence-corrected chi connectivity index (χ1v) is 18.8. The molecule has 23 heteroatoms. The van der Waals surface area contributed by atoms with Crippen molar-refractivity contribution in [3.8, 4) is 0 Å². The number of carbonyl (C=O) groups excluding carboxylic acids is 4. The summed E-state index contributed by atoms with van der Waals surface area (Å²) < 4.78 is 86.8. The van der Waals surface area contributed by atoms with E-state index in [4.69, 9.17) is 55.7 Å². The molecule has 1 aliphatic carbocycles. The third-order valence-electron chi connectivity index (χ3n) is 8.16. The molecule has 2 aromatic rings. The van der Waals surface area contributed by atoms with Crippen molar-refractivity contribution in [2.45, 2.75) is 78.3 Å². The van der Waals surface area contributed by atoms with Crippen LogP contribution in [0.1, 0.15) is 54.4 Å². The minimum absolute atomic E-state index is 0.137. The molecule has 2 heterocycles. The van der Waals surface area contributed by atoms with Gasteiger partial charge in [0.2, 0.25) is 27.2 Å². The zero-order valence-corrected chi connectivity index (χ0v) is 31.0. The predicted octanol–water partition coefficient (Wildman–Crippen LogP) is 3.20. The van der Waals surface area contributed by atoms with Gasteiger partial charge in [0, 0.05) is 40.2 Å². The standard InChI is InChI=1S/C29H41N3O18P2/c1-18-19(2)29(50-32-25-11-8-7-10-24(25)30-31-32)12-9-13-39-28(29)27(49-52(38,46-16-42-22(5)35)47-17-43-23(6)36)26(18)48-51(37,44-14-40-20(3)33)45-15-41-21(4)34/h7-8,10-11,18-19,26-28H,9,12-17H2,1-6H3/t18-,19-,26+,27-,28+,29-/m1/s1. The highest BCUT2D eigenvalue weighted by Gasteiger charge is 2.64. The Labute approximate surface area is 297 Å². The average molecular weight is 782 g/mol. The van der Waals surface area contributed by atoms with E-state index < -0.39 is 102 Å². The smallest absolute Gasteiger partial charge is 0.438 e. The summed E-state index contributed by atoms with van der Waals surface area (Å²) in [5, 5.41) is 8.34. The molecule has 4 rings (SSSR count). The predicted molar refractivity (Wildman–Crippen MR) is 170 cm³/mol. The summed E-state index contributed by atoms with van der Waals surface area (Å²) in [5.74, 6) is -4.54. The lowest BCUT2D eigenvalue weighted by Crippen LogP contribution is -2.71. The number of rotatable bonds is 18. The van der Waals surface area contributed by atoms with Gasteiger partial charge < -0.3 is 28.5 Å². The van der Waals surface area contributed by atoms with Gasteiger partial charge >= 0.3 is 39.5 Å². The summed E-state index contributed by atoms with van der Waals surface area (Å²) in [7, 11) is -9.80. The molecule has 0 N–H and O–H groups in total. The Morgan fingerprint density at radius 1 is 0.788 bits per heavy atom. The molecule has 52 heavy (non-hydrogen) atoms. The normalized spacial score (nSPS) is 24.8. The molecule has 21 nitrogen and oxygen atoms in total. The van der Waals surface area contributed by atoms with Crippen molar-refractivity contribution in [2.24, 2.45) is 11.8 Å². The maximum Gasteiger partial charge on any atom is 0.481 e. The van der Waals surface area contributed by atoms with Crippen molar-refractivity contribution >= 4 is 50.6 Å². The molecule has 0 radical (unpaired) electrons. The first-order valence-electron chi connectivity index (χ1n) is 15.9. The fourth-order valence-corrected chi connectivity index (χ4v) is 7.88. The second-order valence-electron chi connectivity index (χ2n) is 11.6. The van der Waals surface area contributed by atoms with Crippen molar-refractivity contribution in [3.63, 3.8) is 0 Å². The van der Waals surface area contributed by atoms with Gasteiger partial charge in [0.1, 0.15) is 29.3 Å². The van der Waals surface area contributed by atoms with Crippen molar-refractivity contribution in [2.75, 3.05) is 33.8 Å². The SMILES string of the molecule is CC(=O)OCOP(=O)(OCOC(C)=O)O[C@@H]1[C@@H](OP(=O)(OCOC(C)=O)OCOC(C)=O)[C@H](C)[C@@H](C)[C@]2(On3nnc4ccccc43)CCCO[C@@H]12. The molecule has 0 bridgehead atoms. The third kappa shape index (κ3) is 10.5. The number of hydrogen-bond donors (Lipinski definition) is 0. The lowest BCUT2D eigenvalue weighted by Gasteiger charge is -2.56. The fraction of sp³-hybridized carbons (Fsp3) is 0.655. The largest absolute Gasteiger partial charge is 0.481 e. The molecule has 2 fully saturated rings. The number of aromatic nitrogens is 3. The Hall–Kier alpha value is -3.52. The van der Waals surface area contributed by atoms with Crippen LogP contribution in [-0.2, 0) is 79.1 Å². The number of para-hydroxylation sites is 1. The van der Waals surface area contributed by atoms with E-state index in [2.05, 4.69) is 10.3 Å². The van der Waals surface area contributed by atoms with Gasteiger partial charge in [0.15, 0.2) is 5.60 Å². The van der Waals surface area contributed by atoms with E-state index >= 15 is 0 Å². The van der Waals surface area contributed by atoms with E-state index in [0.29, 0.717) is 23.9 Å².